The second kappa shape index (κ2) is 2.98. The summed E-state index contributed by atoms with van der Waals surface area (Å²) in [6.07, 6.45) is 0. The summed E-state index contributed by atoms with van der Waals surface area (Å²) in [7, 11) is 2.03. The Morgan fingerprint density at radius 1 is 1.54 bits per heavy atom. The summed E-state index contributed by atoms with van der Waals surface area (Å²) in [6, 6.07) is 5.54. The Labute approximate surface area is 77.4 Å². The molecule has 13 heavy (non-hydrogen) atoms. The average Bonchev–Trinajstić information content (AvgIpc) is 2.18. The fraction of sp³-hybridized carbons (Fsp3) is 0.300. The summed E-state index contributed by atoms with van der Waals surface area (Å²) in [5, 5.41) is 0. The van der Waals surface area contributed by atoms with Crippen LogP contribution in [0.4, 0.5) is 11.4 Å². The zero-order valence-electron chi connectivity index (χ0n) is 7.45. The van der Waals surface area contributed by atoms with E-state index in [-0.39, 0.29) is 0 Å². The number of benzene rings is 1. The number of likely N-dealkylation sites (N-methyl/N-ethyl adjacent to an activating group) is 1. The predicted molar refractivity (Wildman–Crippen MR) is 51.5 cm³/mol. The molecule has 0 fully saturated rings. The van der Waals surface area contributed by atoms with Crippen molar-refractivity contribution in [1.29, 1.82) is 0 Å². The van der Waals surface area contributed by atoms with Crippen molar-refractivity contribution in [2.75, 3.05) is 25.1 Å². The molecule has 1 aliphatic rings. The van der Waals surface area contributed by atoms with Crippen LogP contribution < -0.4 is 9.64 Å². The maximum absolute atomic E-state index is 6.87. The second-order valence-electron chi connectivity index (χ2n) is 3.03. The van der Waals surface area contributed by atoms with Crippen LogP contribution in [0, 0.1) is 6.57 Å². The van der Waals surface area contributed by atoms with Crippen LogP contribution in [-0.4, -0.2) is 20.2 Å². The molecule has 0 saturated carbocycles. The maximum atomic E-state index is 6.87. The highest BCUT2D eigenvalue weighted by Gasteiger charge is 2.14. The number of hydrogen-bond acceptors (Lipinski definition) is 2. The van der Waals surface area contributed by atoms with Gasteiger partial charge in [-0.25, -0.2) is 4.85 Å². The Bertz CT molecular complexity index is 368. The van der Waals surface area contributed by atoms with Crippen molar-refractivity contribution in [1.82, 2.24) is 0 Å². The molecular formula is C10H10N2O. The zero-order valence-corrected chi connectivity index (χ0v) is 7.45. The molecule has 0 atom stereocenters. The minimum absolute atomic E-state index is 0.633. The highest BCUT2D eigenvalue weighted by atomic mass is 16.5. The molecule has 66 valence electrons. The van der Waals surface area contributed by atoms with Crippen LogP contribution in [0.1, 0.15) is 0 Å². The first-order chi connectivity index (χ1) is 6.31. The molecule has 2 rings (SSSR count). The van der Waals surface area contributed by atoms with Gasteiger partial charge in [-0.05, 0) is 12.1 Å². The van der Waals surface area contributed by atoms with Gasteiger partial charge in [0.15, 0.2) is 5.69 Å². The summed E-state index contributed by atoms with van der Waals surface area (Å²) in [6.45, 7) is 8.47. The zero-order chi connectivity index (χ0) is 9.26. The van der Waals surface area contributed by atoms with Crippen molar-refractivity contribution >= 4 is 11.4 Å². The van der Waals surface area contributed by atoms with Gasteiger partial charge in [0.1, 0.15) is 12.4 Å². The summed E-state index contributed by atoms with van der Waals surface area (Å²) in [4.78, 5) is 5.49. The first kappa shape index (κ1) is 7.93. The number of ether oxygens (including phenoxy) is 1. The highest BCUT2D eigenvalue weighted by molar-refractivity contribution is 5.66. The van der Waals surface area contributed by atoms with Gasteiger partial charge in [0, 0.05) is 7.05 Å². The number of anilines is 1. The Balaban J connectivity index is 2.47. The molecular weight excluding hydrogens is 164 g/mol. The molecule has 1 aromatic carbocycles. The number of rotatable bonds is 0. The Kier molecular flexibility index (Phi) is 1.82. The summed E-state index contributed by atoms with van der Waals surface area (Å²) >= 11 is 0. The van der Waals surface area contributed by atoms with E-state index in [1.54, 1.807) is 6.07 Å². The summed E-state index contributed by atoms with van der Waals surface area (Å²) < 4.78 is 5.45. The van der Waals surface area contributed by atoms with Crippen molar-refractivity contribution in [3.8, 4) is 5.75 Å². The van der Waals surface area contributed by atoms with Crippen molar-refractivity contribution in [3.63, 3.8) is 0 Å². The van der Waals surface area contributed by atoms with E-state index in [9.17, 15) is 0 Å². The molecule has 3 heteroatoms. The van der Waals surface area contributed by atoms with Crippen molar-refractivity contribution in [2.24, 2.45) is 0 Å². The van der Waals surface area contributed by atoms with Gasteiger partial charge in [-0.3, -0.25) is 0 Å². The van der Waals surface area contributed by atoms with Gasteiger partial charge in [0.2, 0.25) is 0 Å². The first-order valence-corrected chi connectivity index (χ1v) is 4.17. The fourth-order valence-electron chi connectivity index (χ4n) is 1.42. The SMILES string of the molecule is [C-]#[N+]c1ccc2c(c1)OCCN2C. The Morgan fingerprint density at radius 3 is 3.15 bits per heavy atom. The van der Waals surface area contributed by atoms with E-state index in [2.05, 4.69) is 9.74 Å². The lowest BCUT2D eigenvalue weighted by Gasteiger charge is -2.27. The van der Waals surface area contributed by atoms with Gasteiger partial charge < -0.3 is 9.64 Å². The smallest absolute Gasteiger partial charge is 0.191 e. The van der Waals surface area contributed by atoms with Crippen molar-refractivity contribution in [3.05, 3.63) is 29.6 Å². The van der Waals surface area contributed by atoms with Crippen LogP contribution in [0.25, 0.3) is 4.85 Å². The molecule has 0 saturated heterocycles. The molecule has 0 aliphatic carbocycles. The predicted octanol–water partition coefficient (Wildman–Crippen LogP) is 2.07. The molecule has 1 heterocycles. The van der Waals surface area contributed by atoms with E-state index in [1.165, 1.54) is 0 Å². The van der Waals surface area contributed by atoms with E-state index in [0.717, 1.165) is 18.0 Å². The molecule has 1 aliphatic heterocycles. The van der Waals surface area contributed by atoms with Crippen molar-refractivity contribution in [2.45, 2.75) is 0 Å². The maximum Gasteiger partial charge on any atom is 0.191 e. The second-order valence-corrected chi connectivity index (χ2v) is 3.03. The number of nitrogens with zero attached hydrogens (tertiary/aromatic N) is 2. The van der Waals surface area contributed by atoms with Gasteiger partial charge in [-0.1, -0.05) is 6.07 Å². The normalized spacial score (nSPS) is 14.3. The topological polar surface area (TPSA) is 16.8 Å². The standard InChI is InChI=1S/C10H10N2O/c1-11-8-3-4-9-10(7-8)13-6-5-12(9)2/h3-4,7H,5-6H2,2H3. The van der Waals surface area contributed by atoms with E-state index >= 15 is 0 Å². The largest absolute Gasteiger partial charge is 0.491 e. The third-order valence-electron chi connectivity index (χ3n) is 2.17. The lowest BCUT2D eigenvalue weighted by molar-refractivity contribution is 0.311. The number of hydrogen-bond donors (Lipinski definition) is 0. The van der Waals surface area contributed by atoms with Gasteiger partial charge in [-0.15, -0.1) is 0 Å². The molecule has 0 aromatic heterocycles. The lowest BCUT2D eigenvalue weighted by Crippen LogP contribution is -2.28. The van der Waals surface area contributed by atoms with E-state index in [4.69, 9.17) is 11.3 Å². The molecule has 3 nitrogen and oxygen atoms in total. The summed E-state index contributed by atoms with van der Waals surface area (Å²) in [5.41, 5.74) is 1.70. The van der Waals surface area contributed by atoms with Crippen LogP contribution in [0.2, 0.25) is 0 Å². The molecule has 0 radical (unpaired) electrons. The van der Waals surface area contributed by atoms with Crippen LogP contribution in [0.15, 0.2) is 18.2 Å². The van der Waals surface area contributed by atoms with Gasteiger partial charge in [0.05, 0.1) is 18.8 Å². The minimum atomic E-state index is 0.633. The Hall–Kier alpha value is -1.69. The Morgan fingerprint density at radius 2 is 2.38 bits per heavy atom. The van der Waals surface area contributed by atoms with Crippen LogP contribution in [-0.2, 0) is 0 Å². The molecule has 0 unspecified atom stereocenters. The van der Waals surface area contributed by atoms with E-state index in [1.807, 2.05) is 19.2 Å². The van der Waals surface area contributed by atoms with Gasteiger partial charge >= 0.3 is 0 Å². The van der Waals surface area contributed by atoms with E-state index in [0.29, 0.717) is 12.3 Å². The monoisotopic (exact) mass is 174 g/mol. The van der Waals surface area contributed by atoms with Crippen LogP contribution in [0.3, 0.4) is 0 Å². The quantitative estimate of drug-likeness (QED) is 0.560. The van der Waals surface area contributed by atoms with E-state index < -0.39 is 0 Å². The molecule has 0 spiro atoms. The minimum Gasteiger partial charge on any atom is -0.491 e. The third-order valence-corrected chi connectivity index (χ3v) is 2.17. The number of fused-ring (bicyclic) bond motifs is 1. The molecule has 1 aromatic rings. The highest BCUT2D eigenvalue weighted by Crippen LogP contribution is 2.33. The van der Waals surface area contributed by atoms with Gasteiger partial charge in [0.25, 0.3) is 0 Å². The lowest BCUT2D eigenvalue weighted by atomic mass is 10.2. The third kappa shape index (κ3) is 1.31. The molecule has 0 N–H and O–H groups in total. The van der Waals surface area contributed by atoms with Crippen LogP contribution >= 0.6 is 0 Å². The van der Waals surface area contributed by atoms with Crippen molar-refractivity contribution < 1.29 is 4.74 Å². The molecule has 0 amide bonds. The fourth-order valence-corrected chi connectivity index (χ4v) is 1.42. The molecule has 0 bridgehead atoms. The summed E-state index contributed by atoms with van der Waals surface area (Å²) in [5.74, 6) is 0.822. The van der Waals surface area contributed by atoms with Crippen LogP contribution in [0.5, 0.6) is 5.75 Å². The average molecular weight is 174 g/mol. The van der Waals surface area contributed by atoms with Gasteiger partial charge in [-0.2, -0.15) is 0 Å². The first-order valence-electron chi connectivity index (χ1n) is 4.17.